The number of carbonyl (C=O) groups is 3. The molecule has 3 aliphatic rings. The van der Waals surface area contributed by atoms with Gasteiger partial charge in [0.15, 0.2) is 0 Å². The van der Waals surface area contributed by atoms with E-state index in [2.05, 4.69) is 31.4 Å². The number of hydrogen-bond donors (Lipinski definition) is 2. The van der Waals surface area contributed by atoms with Gasteiger partial charge in [-0.05, 0) is 43.9 Å². The fourth-order valence-corrected chi connectivity index (χ4v) is 3.53. The molecule has 0 aromatic carbocycles. The average molecular weight is 410 g/mol. The number of piperidine rings is 1. The molecular weight excluding hydrogens is 381 g/mol. The minimum atomic E-state index is -4.86. The van der Waals surface area contributed by atoms with Crippen molar-refractivity contribution in [1.29, 1.82) is 0 Å². The van der Waals surface area contributed by atoms with E-state index in [0.29, 0.717) is 11.8 Å². The highest BCUT2D eigenvalue weighted by atomic mass is 19.4. The predicted molar refractivity (Wildman–Crippen MR) is 94.1 cm³/mol. The van der Waals surface area contributed by atoms with Crippen molar-refractivity contribution in [2.24, 2.45) is 23.0 Å². The largest absolute Gasteiger partial charge is 0.483 e. The number of ether oxygens (including phenoxy) is 1. The summed E-state index contributed by atoms with van der Waals surface area (Å²) in [5.74, 6) is -0.473. The van der Waals surface area contributed by atoms with Gasteiger partial charge in [0, 0.05) is 13.1 Å². The monoisotopic (exact) mass is 410 g/mol. The Morgan fingerprint density at radius 3 is 1.96 bits per heavy atom. The van der Waals surface area contributed by atoms with E-state index in [1.807, 2.05) is 6.92 Å². The molecule has 0 spiro atoms. The summed E-state index contributed by atoms with van der Waals surface area (Å²) in [6.07, 6.45) is -1.95. The van der Waals surface area contributed by atoms with Crippen LogP contribution < -0.4 is 5.73 Å². The maximum atomic E-state index is 12.2. The number of alkyl halides is 3. The summed E-state index contributed by atoms with van der Waals surface area (Å²) in [6.45, 7) is 10.5. The molecule has 7 nitrogen and oxygen atoms in total. The maximum Gasteiger partial charge on any atom is 0.470 e. The standard InChI is InChI=1S/C15H25NO2.C2H2F3NO.CH2O2/c1-10(18-15(4)5-6-15)7-13(17)16-8-11-12(9-16)14(11,2)3;3-2(4,5)1(6)7;2-1-3/h10-12H,5-9H2,1-4H3;(H2,6,7);1H,(H,2,3)/t10-,11?,12?;;/m1../s1. The summed E-state index contributed by atoms with van der Waals surface area (Å²) in [5.41, 5.74) is 4.37. The molecule has 1 aliphatic heterocycles. The number of carboxylic acid groups (broad SMARTS) is 1. The van der Waals surface area contributed by atoms with Crippen LogP contribution in [0, 0.1) is 17.3 Å². The molecule has 2 aliphatic carbocycles. The third-order valence-corrected chi connectivity index (χ3v) is 5.66. The third kappa shape index (κ3) is 6.65. The Morgan fingerprint density at radius 2 is 1.64 bits per heavy atom. The third-order valence-electron chi connectivity index (χ3n) is 5.66. The van der Waals surface area contributed by atoms with Crippen LogP contribution >= 0.6 is 0 Å². The number of hydrogen-bond acceptors (Lipinski definition) is 4. The molecule has 28 heavy (non-hydrogen) atoms. The highest BCUT2D eigenvalue weighted by molar-refractivity contribution is 5.79. The van der Waals surface area contributed by atoms with Gasteiger partial charge in [0.05, 0.1) is 18.1 Å². The zero-order valence-electron chi connectivity index (χ0n) is 16.6. The van der Waals surface area contributed by atoms with E-state index in [-0.39, 0.29) is 24.1 Å². The molecule has 2 saturated carbocycles. The molecular formula is C18H29F3N2O5. The van der Waals surface area contributed by atoms with E-state index >= 15 is 0 Å². The van der Waals surface area contributed by atoms with Crippen molar-refractivity contribution in [3.8, 4) is 0 Å². The number of rotatable bonds is 4. The topological polar surface area (TPSA) is 110 Å². The van der Waals surface area contributed by atoms with Gasteiger partial charge in [-0.2, -0.15) is 13.2 Å². The van der Waals surface area contributed by atoms with Gasteiger partial charge in [0.1, 0.15) is 0 Å². The molecule has 0 radical (unpaired) electrons. The van der Waals surface area contributed by atoms with E-state index in [1.165, 1.54) is 0 Å². The van der Waals surface area contributed by atoms with E-state index in [4.69, 9.17) is 19.4 Å². The number of carbonyl (C=O) groups excluding carboxylic acids is 2. The van der Waals surface area contributed by atoms with Crippen molar-refractivity contribution in [3.05, 3.63) is 0 Å². The van der Waals surface area contributed by atoms with Crippen molar-refractivity contribution in [2.75, 3.05) is 13.1 Å². The van der Waals surface area contributed by atoms with Crippen LogP contribution in [0.25, 0.3) is 0 Å². The number of likely N-dealkylation sites (tertiary alicyclic amines) is 1. The molecule has 10 heteroatoms. The summed E-state index contributed by atoms with van der Waals surface area (Å²) in [6, 6.07) is 0. The van der Waals surface area contributed by atoms with Crippen molar-refractivity contribution in [2.45, 2.75) is 64.8 Å². The van der Waals surface area contributed by atoms with Gasteiger partial charge in [0.2, 0.25) is 5.91 Å². The van der Waals surface area contributed by atoms with Crippen LogP contribution in [-0.4, -0.2) is 59.3 Å². The Labute approximate surface area is 162 Å². The number of amides is 2. The van der Waals surface area contributed by atoms with Crippen LogP contribution in [0.15, 0.2) is 0 Å². The zero-order chi connectivity index (χ0) is 21.9. The molecule has 2 amide bonds. The quantitative estimate of drug-likeness (QED) is 0.691. The van der Waals surface area contributed by atoms with Gasteiger partial charge in [-0.3, -0.25) is 14.4 Å². The van der Waals surface area contributed by atoms with Gasteiger partial charge in [-0.1, -0.05) is 13.8 Å². The molecule has 0 aromatic rings. The fraction of sp³-hybridized carbons (Fsp3) is 0.833. The normalized spacial score (nSPS) is 26.5. The first-order valence-corrected chi connectivity index (χ1v) is 9.08. The Balaban J connectivity index is 0.000000331. The maximum absolute atomic E-state index is 12.2. The van der Waals surface area contributed by atoms with Gasteiger partial charge >= 0.3 is 12.1 Å². The van der Waals surface area contributed by atoms with Crippen LogP contribution in [0.4, 0.5) is 13.2 Å². The zero-order valence-corrected chi connectivity index (χ0v) is 16.6. The smallest absolute Gasteiger partial charge is 0.470 e. The predicted octanol–water partition coefficient (Wildman–Crippen LogP) is 2.18. The average Bonchev–Trinajstić information content (AvgIpc) is 3.26. The summed E-state index contributed by atoms with van der Waals surface area (Å²) in [4.78, 5) is 31.7. The lowest BCUT2D eigenvalue weighted by molar-refractivity contribution is -0.169. The van der Waals surface area contributed by atoms with E-state index < -0.39 is 12.1 Å². The summed E-state index contributed by atoms with van der Waals surface area (Å²) >= 11 is 0. The number of halogens is 3. The van der Waals surface area contributed by atoms with Crippen LogP contribution in [0.2, 0.25) is 0 Å². The SMILES string of the molecule is C[C@H](CC(=O)N1CC2C(C1)C2(C)C)OC1(C)CC1.NC(=O)C(F)(F)F.O=CO. The fourth-order valence-electron chi connectivity index (χ4n) is 3.53. The second-order valence-electron chi connectivity index (χ2n) is 8.38. The second-order valence-corrected chi connectivity index (χ2v) is 8.38. The molecule has 2 unspecified atom stereocenters. The highest BCUT2D eigenvalue weighted by Gasteiger charge is 2.62. The molecule has 3 atom stereocenters. The first-order chi connectivity index (χ1) is 12.7. The first-order valence-electron chi connectivity index (χ1n) is 9.08. The Hall–Kier alpha value is -1.84. The van der Waals surface area contributed by atoms with Crippen LogP contribution in [0.1, 0.15) is 47.0 Å². The van der Waals surface area contributed by atoms with Crippen LogP contribution in [0.3, 0.4) is 0 Å². The van der Waals surface area contributed by atoms with Crippen molar-refractivity contribution in [1.82, 2.24) is 4.90 Å². The van der Waals surface area contributed by atoms with Crippen molar-refractivity contribution in [3.63, 3.8) is 0 Å². The van der Waals surface area contributed by atoms with Gasteiger partial charge in [-0.25, -0.2) is 0 Å². The van der Waals surface area contributed by atoms with E-state index in [0.717, 1.165) is 37.8 Å². The molecule has 1 heterocycles. The minimum absolute atomic E-state index is 0.0648. The Kier molecular flexibility index (Phi) is 7.49. The highest BCUT2D eigenvalue weighted by Crippen LogP contribution is 2.62. The van der Waals surface area contributed by atoms with Gasteiger partial charge in [-0.15, -0.1) is 0 Å². The molecule has 3 rings (SSSR count). The van der Waals surface area contributed by atoms with Crippen molar-refractivity contribution < 1.29 is 37.4 Å². The van der Waals surface area contributed by atoms with Gasteiger partial charge in [0.25, 0.3) is 6.47 Å². The lowest BCUT2D eigenvalue weighted by Crippen LogP contribution is -2.35. The molecule has 0 aromatic heterocycles. The number of nitrogens with zero attached hydrogens (tertiary/aromatic N) is 1. The summed E-state index contributed by atoms with van der Waals surface area (Å²) in [7, 11) is 0. The number of fused-ring (bicyclic) bond motifs is 1. The molecule has 1 saturated heterocycles. The van der Waals surface area contributed by atoms with Crippen LogP contribution in [0.5, 0.6) is 0 Å². The summed E-state index contributed by atoms with van der Waals surface area (Å²) in [5, 5.41) is 6.89. The number of nitrogens with two attached hydrogens (primary N) is 1. The van der Waals surface area contributed by atoms with Crippen LogP contribution in [-0.2, 0) is 19.1 Å². The van der Waals surface area contributed by atoms with Gasteiger partial charge < -0.3 is 20.5 Å². The Morgan fingerprint density at radius 1 is 1.25 bits per heavy atom. The summed E-state index contributed by atoms with van der Waals surface area (Å²) < 4.78 is 38.0. The lowest BCUT2D eigenvalue weighted by Gasteiger charge is -2.25. The molecule has 162 valence electrons. The molecule has 0 bridgehead atoms. The molecule has 3 fully saturated rings. The number of primary amides is 1. The first kappa shape index (κ1) is 24.2. The lowest BCUT2D eigenvalue weighted by atomic mass is 10.1. The van der Waals surface area contributed by atoms with Crippen molar-refractivity contribution >= 4 is 18.3 Å². The Bertz CT molecular complexity index is 576. The van der Waals surface area contributed by atoms with E-state index in [1.54, 1.807) is 0 Å². The molecule has 3 N–H and O–H groups in total. The van der Waals surface area contributed by atoms with E-state index in [9.17, 15) is 18.0 Å². The minimum Gasteiger partial charge on any atom is -0.483 e. The second kappa shape index (κ2) is 8.67.